The first-order valence-electron chi connectivity index (χ1n) is 4.06. The largest absolute Gasteiger partial charge is 0.508 e. The Hall–Kier alpha value is -1.69. The summed E-state index contributed by atoms with van der Waals surface area (Å²) in [6, 6.07) is 4.20. The van der Waals surface area contributed by atoms with Gasteiger partial charge in [0.25, 0.3) is 0 Å². The van der Waals surface area contributed by atoms with Crippen LogP contribution in [0.1, 0.15) is 5.56 Å². The molecule has 0 amide bonds. The zero-order valence-electron chi connectivity index (χ0n) is 8.08. The molecule has 1 rings (SSSR count). The van der Waals surface area contributed by atoms with Crippen molar-refractivity contribution in [3.05, 3.63) is 23.8 Å². The van der Waals surface area contributed by atoms with Crippen LogP contribution in [0.5, 0.6) is 11.5 Å². The van der Waals surface area contributed by atoms with Crippen LogP contribution in [0.3, 0.4) is 0 Å². The average Bonchev–Trinajstić information content (AvgIpc) is 2.21. The molecule has 0 bridgehead atoms. The van der Waals surface area contributed by atoms with Gasteiger partial charge in [0.1, 0.15) is 11.5 Å². The van der Waals surface area contributed by atoms with Crippen LogP contribution >= 0.6 is 11.8 Å². The van der Waals surface area contributed by atoms with Gasteiger partial charge in [-0.05, 0) is 18.4 Å². The van der Waals surface area contributed by atoms with Gasteiger partial charge in [0, 0.05) is 11.6 Å². The van der Waals surface area contributed by atoms with Gasteiger partial charge in [0.2, 0.25) is 0 Å². The molecule has 15 heavy (non-hydrogen) atoms. The van der Waals surface area contributed by atoms with E-state index in [1.165, 1.54) is 36.2 Å². The van der Waals surface area contributed by atoms with Crippen LogP contribution in [0.25, 0.3) is 0 Å². The van der Waals surface area contributed by atoms with E-state index in [2.05, 4.69) is 10.2 Å². The third-order valence-corrected chi connectivity index (χ3v) is 2.08. The van der Waals surface area contributed by atoms with Crippen molar-refractivity contribution in [3.8, 4) is 11.5 Å². The summed E-state index contributed by atoms with van der Waals surface area (Å²) in [5.41, 5.74) is 5.86. The van der Waals surface area contributed by atoms with Gasteiger partial charge in [-0.25, -0.2) is 0 Å². The fourth-order valence-corrected chi connectivity index (χ4v) is 0.959. The Labute approximate surface area is 91.3 Å². The number of phenols is 2. The molecule has 1 aromatic rings. The number of thioether (sulfide) groups is 1. The minimum absolute atomic E-state index is 0.00298. The highest BCUT2D eigenvalue weighted by Gasteiger charge is 1.98. The molecule has 0 unspecified atom stereocenters. The number of hydrogen-bond acceptors (Lipinski definition) is 5. The van der Waals surface area contributed by atoms with Crippen molar-refractivity contribution in [2.45, 2.75) is 0 Å². The van der Waals surface area contributed by atoms with E-state index >= 15 is 0 Å². The van der Waals surface area contributed by atoms with Gasteiger partial charge in [0.05, 0.1) is 6.21 Å². The van der Waals surface area contributed by atoms with Crippen molar-refractivity contribution in [1.29, 1.82) is 0 Å². The van der Waals surface area contributed by atoms with E-state index in [0.717, 1.165) is 0 Å². The molecule has 0 aliphatic rings. The van der Waals surface area contributed by atoms with Gasteiger partial charge in [-0.3, -0.25) is 0 Å². The van der Waals surface area contributed by atoms with E-state index in [1.54, 1.807) is 6.26 Å². The summed E-state index contributed by atoms with van der Waals surface area (Å²) >= 11 is 1.28. The Kier molecular flexibility index (Phi) is 3.99. The van der Waals surface area contributed by atoms with Crippen molar-refractivity contribution in [1.82, 2.24) is 0 Å². The Morgan fingerprint density at radius 2 is 2.20 bits per heavy atom. The molecule has 5 nitrogen and oxygen atoms in total. The first-order valence-corrected chi connectivity index (χ1v) is 5.28. The molecule has 0 aliphatic carbocycles. The number of rotatable bonds is 2. The van der Waals surface area contributed by atoms with Crippen molar-refractivity contribution in [2.24, 2.45) is 15.9 Å². The monoisotopic (exact) mass is 225 g/mol. The molecule has 0 aromatic heterocycles. The second-order valence-corrected chi connectivity index (χ2v) is 3.46. The lowest BCUT2D eigenvalue weighted by atomic mass is 10.2. The van der Waals surface area contributed by atoms with E-state index in [4.69, 9.17) is 10.8 Å². The number of phenolic OH excluding ortho intramolecular Hbond substituents is 2. The normalized spacial score (nSPS) is 12.2. The number of benzene rings is 1. The summed E-state index contributed by atoms with van der Waals surface area (Å²) in [6.45, 7) is 0. The fraction of sp³-hybridized carbons (Fsp3) is 0.111. The van der Waals surface area contributed by atoms with Crippen LogP contribution in [0.15, 0.2) is 28.4 Å². The topological polar surface area (TPSA) is 91.2 Å². The fourth-order valence-electron chi connectivity index (χ4n) is 0.830. The molecule has 0 atom stereocenters. The molecule has 4 N–H and O–H groups in total. The molecule has 0 saturated carbocycles. The van der Waals surface area contributed by atoms with E-state index in [1.807, 2.05) is 0 Å². The summed E-state index contributed by atoms with van der Waals surface area (Å²) in [7, 11) is 0. The summed E-state index contributed by atoms with van der Waals surface area (Å²) in [5, 5.41) is 26.1. The third kappa shape index (κ3) is 3.51. The standard InChI is InChI=1S/C9H11N3O2S/c1-15-9(10)12-11-5-6-2-3-7(13)4-8(6)14/h2-5,13-14H,1H3,(H2,10,12). The molecular formula is C9H11N3O2S. The lowest BCUT2D eigenvalue weighted by Crippen LogP contribution is -2.03. The first-order chi connectivity index (χ1) is 7.13. The van der Waals surface area contributed by atoms with E-state index in [-0.39, 0.29) is 11.5 Å². The van der Waals surface area contributed by atoms with E-state index < -0.39 is 0 Å². The van der Waals surface area contributed by atoms with Crippen LogP contribution in [0.4, 0.5) is 0 Å². The third-order valence-electron chi connectivity index (χ3n) is 1.58. The Morgan fingerprint density at radius 1 is 1.47 bits per heavy atom. The van der Waals surface area contributed by atoms with E-state index in [9.17, 15) is 5.11 Å². The molecule has 0 fully saturated rings. The maximum Gasteiger partial charge on any atom is 0.180 e. The summed E-state index contributed by atoms with van der Waals surface area (Å²) in [5.74, 6) is -0.0616. The number of aromatic hydroxyl groups is 2. The van der Waals surface area contributed by atoms with E-state index in [0.29, 0.717) is 10.7 Å². The molecule has 6 heteroatoms. The van der Waals surface area contributed by atoms with Crippen molar-refractivity contribution in [3.63, 3.8) is 0 Å². The molecule has 1 aromatic carbocycles. The van der Waals surface area contributed by atoms with Gasteiger partial charge in [-0.15, -0.1) is 5.10 Å². The predicted molar refractivity (Wildman–Crippen MR) is 62.5 cm³/mol. The van der Waals surface area contributed by atoms with Crippen LogP contribution in [-0.4, -0.2) is 27.9 Å². The zero-order chi connectivity index (χ0) is 11.3. The number of nitrogens with two attached hydrogens (primary N) is 1. The lowest BCUT2D eigenvalue weighted by molar-refractivity contribution is 0.450. The number of nitrogens with zero attached hydrogens (tertiary/aromatic N) is 2. The highest BCUT2D eigenvalue weighted by molar-refractivity contribution is 8.13. The van der Waals surface area contributed by atoms with Crippen molar-refractivity contribution >= 4 is 23.1 Å². The molecule has 0 spiro atoms. The van der Waals surface area contributed by atoms with Crippen molar-refractivity contribution < 1.29 is 10.2 Å². The summed E-state index contributed by atoms with van der Waals surface area (Å²) in [6.07, 6.45) is 3.14. The minimum Gasteiger partial charge on any atom is -0.508 e. The van der Waals surface area contributed by atoms with Crippen LogP contribution < -0.4 is 5.73 Å². The molecule has 0 radical (unpaired) electrons. The smallest absolute Gasteiger partial charge is 0.180 e. The van der Waals surface area contributed by atoms with Crippen LogP contribution in [-0.2, 0) is 0 Å². The molecule has 80 valence electrons. The second-order valence-electron chi connectivity index (χ2n) is 2.63. The highest BCUT2D eigenvalue weighted by Crippen LogP contribution is 2.20. The SMILES string of the molecule is CSC(N)=NN=Cc1ccc(O)cc1O. The molecular weight excluding hydrogens is 214 g/mol. The van der Waals surface area contributed by atoms with Gasteiger partial charge in [-0.1, -0.05) is 11.8 Å². The number of hydrogen-bond donors (Lipinski definition) is 3. The van der Waals surface area contributed by atoms with Gasteiger partial charge >= 0.3 is 0 Å². The molecule has 0 saturated heterocycles. The Balaban J connectivity index is 2.81. The Morgan fingerprint density at radius 3 is 2.80 bits per heavy atom. The molecule has 0 aliphatic heterocycles. The maximum absolute atomic E-state index is 9.38. The van der Waals surface area contributed by atoms with Gasteiger partial charge in [0.15, 0.2) is 5.17 Å². The average molecular weight is 225 g/mol. The minimum atomic E-state index is -0.0586. The predicted octanol–water partition coefficient (Wildman–Crippen LogP) is 1.11. The second kappa shape index (κ2) is 5.26. The summed E-state index contributed by atoms with van der Waals surface area (Å²) < 4.78 is 0. The zero-order valence-corrected chi connectivity index (χ0v) is 8.90. The summed E-state index contributed by atoms with van der Waals surface area (Å²) in [4.78, 5) is 0. The Bertz CT molecular complexity index is 404. The van der Waals surface area contributed by atoms with Crippen molar-refractivity contribution in [2.75, 3.05) is 6.26 Å². The lowest BCUT2D eigenvalue weighted by Gasteiger charge is -1.97. The van der Waals surface area contributed by atoms with Gasteiger partial charge in [-0.2, -0.15) is 5.10 Å². The first kappa shape index (κ1) is 11.4. The van der Waals surface area contributed by atoms with Crippen LogP contribution in [0.2, 0.25) is 0 Å². The molecule has 0 heterocycles. The number of amidine groups is 1. The van der Waals surface area contributed by atoms with Crippen LogP contribution in [0, 0.1) is 0 Å². The van der Waals surface area contributed by atoms with Gasteiger partial charge < -0.3 is 15.9 Å². The highest BCUT2D eigenvalue weighted by atomic mass is 32.2. The maximum atomic E-state index is 9.38. The quantitative estimate of drug-likeness (QED) is 0.399.